The lowest BCUT2D eigenvalue weighted by atomic mass is 9.74. The predicted molar refractivity (Wildman–Crippen MR) is 130 cm³/mol. The van der Waals surface area contributed by atoms with Crippen molar-refractivity contribution in [3.05, 3.63) is 59.2 Å². The molecule has 30 heavy (non-hydrogen) atoms. The van der Waals surface area contributed by atoms with E-state index in [0.29, 0.717) is 24.4 Å². The summed E-state index contributed by atoms with van der Waals surface area (Å²) in [5.74, 6) is 0.569. The Morgan fingerprint density at radius 2 is 2.10 bits per heavy atom. The van der Waals surface area contributed by atoms with E-state index >= 15 is 0 Å². The number of carbonyl (C=O) groups is 1. The zero-order valence-electron chi connectivity index (χ0n) is 17.1. The molecule has 0 saturated carbocycles. The van der Waals surface area contributed by atoms with Crippen molar-refractivity contribution >= 4 is 47.3 Å². The number of hydrogen-bond acceptors (Lipinski definition) is 4. The van der Waals surface area contributed by atoms with Crippen molar-refractivity contribution in [2.24, 2.45) is 0 Å². The minimum atomic E-state index is -0.587. The van der Waals surface area contributed by atoms with Crippen molar-refractivity contribution in [3.63, 3.8) is 0 Å². The van der Waals surface area contributed by atoms with Gasteiger partial charge >= 0.3 is 0 Å². The lowest BCUT2D eigenvalue weighted by Gasteiger charge is -2.43. The first-order valence-corrected chi connectivity index (χ1v) is 11.5. The van der Waals surface area contributed by atoms with Crippen LogP contribution < -0.4 is 0 Å². The molecular weight excluding hydrogens is 430 g/mol. The maximum Gasteiger partial charge on any atom is 0.253 e. The number of hydrogen-bond donors (Lipinski definition) is 0. The van der Waals surface area contributed by atoms with E-state index in [1.165, 1.54) is 6.33 Å². The van der Waals surface area contributed by atoms with E-state index in [1.807, 2.05) is 42.2 Å². The van der Waals surface area contributed by atoms with Gasteiger partial charge < -0.3 is 4.90 Å². The second-order valence-corrected chi connectivity index (χ2v) is 12.7. The molecule has 0 spiro atoms. The summed E-state index contributed by atoms with van der Waals surface area (Å²) in [4.78, 5) is 23.7. The van der Waals surface area contributed by atoms with Gasteiger partial charge in [-0.3, -0.25) is 4.79 Å². The van der Waals surface area contributed by atoms with Gasteiger partial charge in [-0.15, -0.1) is 27.7 Å². The number of piperidine rings is 1. The van der Waals surface area contributed by atoms with Crippen LogP contribution in [0.25, 0.3) is 5.78 Å². The molecule has 2 radical (unpaired) electrons. The molecule has 154 valence electrons. The standard InChI is InChI=1S/C20H25BN5OP3/c1-12-6-16(26-18(24-12)22-11-23-26)14-8-20(21,30)10-25(9-14)17(27)13-4-3-5-15(7-13)19(2,28)29/h3-7,11,14H,8-10,28-30H2,1-2H3. The molecule has 0 N–H and O–H groups in total. The second kappa shape index (κ2) is 7.94. The Bertz CT molecular complexity index is 1110. The SMILES string of the molecule is [B]C1(P)CC(c2cc(C)nc3ncnn23)CN(C(=O)c2cccc(C(C)(P)P)c2)C1. The molecule has 1 fully saturated rings. The van der Waals surface area contributed by atoms with Crippen molar-refractivity contribution < 1.29 is 4.79 Å². The van der Waals surface area contributed by atoms with Gasteiger partial charge in [0.25, 0.3) is 11.7 Å². The van der Waals surface area contributed by atoms with Crippen LogP contribution in [-0.2, 0) is 4.90 Å². The summed E-state index contributed by atoms with van der Waals surface area (Å²) >= 11 is 0. The van der Waals surface area contributed by atoms with E-state index in [4.69, 9.17) is 7.85 Å². The van der Waals surface area contributed by atoms with Gasteiger partial charge in [0.1, 0.15) is 6.33 Å². The zero-order chi connectivity index (χ0) is 21.7. The van der Waals surface area contributed by atoms with Gasteiger partial charge in [-0.05, 0) is 49.1 Å². The van der Waals surface area contributed by atoms with Gasteiger partial charge in [-0.1, -0.05) is 12.1 Å². The Kier molecular flexibility index (Phi) is 5.77. The maximum atomic E-state index is 13.4. The molecule has 5 unspecified atom stereocenters. The van der Waals surface area contributed by atoms with Crippen molar-refractivity contribution in [2.75, 3.05) is 13.1 Å². The molecule has 3 aromatic rings. The van der Waals surface area contributed by atoms with Gasteiger partial charge in [-0.2, -0.15) is 10.1 Å². The minimum absolute atomic E-state index is 0.0151. The molecule has 0 aliphatic carbocycles. The number of rotatable bonds is 3. The number of aromatic nitrogens is 4. The molecule has 1 aliphatic heterocycles. The van der Waals surface area contributed by atoms with Gasteiger partial charge in [0.05, 0.1) is 13.5 Å². The van der Waals surface area contributed by atoms with E-state index in [-0.39, 0.29) is 16.7 Å². The summed E-state index contributed by atoms with van der Waals surface area (Å²) in [7, 11) is 14.9. The van der Waals surface area contributed by atoms with Crippen LogP contribution in [-0.4, -0.2) is 56.4 Å². The Labute approximate surface area is 185 Å². The van der Waals surface area contributed by atoms with E-state index in [0.717, 1.165) is 23.4 Å². The number of benzene rings is 1. The predicted octanol–water partition coefficient (Wildman–Crippen LogP) is 2.73. The minimum Gasteiger partial charge on any atom is -0.338 e. The summed E-state index contributed by atoms with van der Waals surface area (Å²) < 4.78 is 1.75. The zero-order valence-corrected chi connectivity index (χ0v) is 20.6. The lowest BCUT2D eigenvalue weighted by Crippen LogP contribution is -2.50. The van der Waals surface area contributed by atoms with E-state index in [1.54, 1.807) is 4.52 Å². The molecule has 1 aromatic carbocycles. The van der Waals surface area contributed by atoms with Gasteiger partial charge in [0.2, 0.25) is 0 Å². The highest BCUT2D eigenvalue weighted by Crippen LogP contribution is 2.39. The average molecular weight is 455 g/mol. The molecule has 1 aliphatic rings. The van der Waals surface area contributed by atoms with Crippen LogP contribution in [0.5, 0.6) is 0 Å². The summed E-state index contributed by atoms with van der Waals surface area (Å²) in [6.07, 6.45) is 2.22. The molecule has 3 heterocycles. The lowest BCUT2D eigenvalue weighted by molar-refractivity contribution is 0.0698. The Balaban J connectivity index is 1.68. The Morgan fingerprint density at radius 1 is 1.33 bits per heavy atom. The Morgan fingerprint density at radius 3 is 2.83 bits per heavy atom. The van der Waals surface area contributed by atoms with Crippen LogP contribution in [0.3, 0.4) is 0 Å². The fraction of sp³-hybridized carbons (Fsp3) is 0.400. The number of nitrogens with zero attached hydrogens (tertiary/aromatic N) is 5. The highest BCUT2D eigenvalue weighted by molar-refractivity contribution is 7.38. The first kappa shape index (κ1) is 21.8. The topological polar surface area (TPSA) is 63.4 Å². The molecule has 0 bridgehead atoms. The quantitative estimate of drug-likeness (QED) is 0.450. The van der Waals surface area contributed by atoms with E-state index in [9.17, 15) is 4.79 Å². The van der Waals surface area contributed by atoms with Crippen LogP contribution in [0.2, 0.25) is 0 Å². The van der Waals surface area contributed by atoms with Crippen LogP contribution in [0.4, 0.5) is 0 Å². The van der Waals surface area contributed by atoms with E-state index < -0.39 is 5.06 Å². The summed E-state index contributed by atoms with van der Waals surface area (Å²) in [6.45, 7) is 5.05. The number of amides is 1. The van der Waals surface area contributed by atoms with Crippen LogP contribution >= 0.6 is 27.7 Å². The monoisotopic (exact) mass is 455 g/mol. The number of aryl methyl sites for hydroxylation is 1. The molecule has 1 saturated heterocycles. The third-order valence-electron chi connectivity index (χ3n) is 5.40. The van der Waals surface area contributed by atoms with E-state index in [2.05, 4.69) is 49.7 Å². The number of carbonyl (C=O) groups excluding carboxylic acids is 1. The van der Waals surface area contributed by atoms with Crippen LogP contribution in [0.1, 0.15) is 46.6 Å². The molecule has 6 nitrogen and oxygen atoms in total. The molecule has 4 rings (SSSR count). The van der Waals surface area contributed by atoms with Crippen LogP contribution in [0, 0.1) is 6.92 Å². The van der Waals surface area contributed by atoms with Crippen molar-refractivity contribution in [2.45, 2.75) is 36.1 Å². The third kappa shape index (κ3) is 4.45. The second-order valence-electron chi connectivity index (χ2n) is 8.48. The molecular formula is C20H25BN5OP3. The molecule has 1 amide bonds. The first-order valence-electron chi connectivity index (χ1n) is 9.76. The summed E-state index contributed by atoms with van der Waals surface area (Å²) in [5, 5.41) is 3.75. The fourth-order valence-electron chi connectivity index (χ4n) is 4.05. The maximum absolute atomic E-state index is 13.4. The average Bonchev–Trinajstić information content (AvgIpc) is 3.13. The smallest absolute Gasteiger partial charge is 0.253 e. The largest absolute Gasteiger partial charge is 0.338 e. The molecule has 2 aromatic heterocycles. The van der Waals surface area contributed by atoms with Crippen molar-refractivity contribution in [1.29, 1.82) is 0 Å². The third-order valence-corrected chi connectivity index (χ3v) is 6.48. The van der Waals surface area contributed by atoms with Crippen LogP contribution in [0.15, 0.2) is 36.7 Å². The highest BCUT2D eigenvalue weighted by atomic mass is 31.1. The molecule has 10 heteroatoms. The summed E-state index contributed by atoms with van der Waals surface area (Å²) in [6, 6.07) is 9.79. The molecule has 5 atom stereocenters. The Hall–Kier alpha value is -1.41. The fourth-order valence-corrected chi connectivity index (χ4v) is 4.91. The van der Waals surface area contributed by atoms with Crippen molar-refractivity contribution in [1.82, 2.24) is 24.5 Å². The van der Waals surface area contributed by atoms with Gasteiger partial charge in [-0.25, -0.2) is 9.50 Å². The summed E-state index contributed by atoms with van der Waals surface area (Å²) in [5.41, 5.74) is 3.58. The number of likely N-dealkylation sites (tertiary alicyclic amines) is 1. The normalized spacial score (nSPS) is 22.4. The number of fused-ring (bicyclic) bond motifs is 1. The highest BCUT2D eigenvalue weighted by Gasteiger charge is 2.37. The van der Waals surface area contributed by atoms with Crippen molar-refractivity contribution in [3.8, 4) is 0 Å². The van der Waals surface area contributed by atoms with Gasteiger partial charge in [0.15, 0.2) is 0 Å². The van der Waals surface area contributed by atoms with Gasteiger partial charge in [0, 0.05) is 35.2 Å². The first-order chi connectivity index (χ1) is 14.0.